The molecule has 0 spiro atoms. The maximum atomic E-state index is 11.2. The van der Waals surface area contributed by atoms with Crippen molar-refractivity contribution in [2.45, 2.75) is 13.8 Å². The molecule has 1 aromatic rings. The maximum Gasteiger partial charge on any atom is 0.239 e. The highest BCUT2D eigenvalue weighted by molar-refractivity contribution is 5.80. The number of anilines is 2. The zero-order chi connectivity index (χ0) is 11.8. The number of hydrogen-bond acceptors (Lipinski definition) is 4. The van der Waals surface area contributed by atoms with E-state index < -0.39 is 0 Å². The van der Waals surface area contributed by atoms with Crippen molar-refractivity contribution in [3.05, 3.63) is 18.2 Å². The number of carbonyl (C=O) groups is 1. The number of nitrogens with one attached hydrogen (secondary N) is 3. The molecule has 1 amide bonds. The molecule has 0 saturated heterocycles. The lowest BCUT2D eigenvalue weighted by atomic mass is 10.4. The lowest BCUT2D eigenvalue weighted by Gasteiger charge is -2.07. The lowest BCUT2D eigenvalue weighted by Crippen LogP contribution is -2.29. The molecule has 0 aromatic carbocycles. The van der Waals surface area contributed by atoms with Gasteiger partial charge in [0.15, 0.2) is 0 Å². The van der Waals surface area contributed by atoms with E-state index in [9.17, 15) is 4.79 Å². The van der Waals surface area contributed by atoms with Gasteiger partial charge >= 0.3 is 0 Å². The van der Waals surface area contributed by atoms with Crippen LogP contribution in [0.3, 0.4) is 0 Å². The number of aromatic nitrogens is 1. The number of carbonyl (C=O) groups excluding carboxylic acids is 1. The van der Waals surface area contributed by atoms with Gasteiger partial charge in [-0.1, -0.05) is 6.07 Å². The first kappa shape index (κ1) is 12.3. The first-order valence-electron chi connectivity index (χ1n) is 5.47. The number of pyridine rings is 1. The van der Waals surface area contributed by atoms with E-state index in [2.05, 4.69) is 20.9 Å². The Hall–Kier alpha value is -1.78. The number of likely N-dealkylation sites (N-methyl/N-ethyl adjacent to an activating group) is 1. The number of hydrogen-bond donors (Lipinski definition) is 3. The van der Waals surface area contributed by atoms with Crippen molar-refractivity contribution in [1.29, 1.82) is 0 Å². The maximum absolute atomic E-state index is 11.2. The van der Waals surface area contributed by atoms with Crippen molar-refractivity contribution in [2.24, 2.45) is 0 Å². The standard InChI is InChI=1S/C11H18N4O/c1-3-12-9-6-5-7-10(15-9)14-8-11(16)13-4-2/h5-7H,3-4,8H2,1-2H3,(H,13,16)(H2,12,14,15). The minimum atomic E-state index is -0.0295. The third kappa shape index (κ3) is 4.16. The van der Waals surface area contributed by atoms with Crippen LogP contribution in [0.2, 0.25) is 0 Å². The highest BCUT2D eigenvalue weighted by Gasteiger charge is 2.00. The van der Waals surface area contributed by atoms with Crippen LogP contribution in [0, 0.1) is 0 Å². The van der Waals surface area contributed by atoms with Gasteiger partial charge in [-0.2, -0.15) is 0 Å². The second-order valence-corrected chi connectivity index (χ2v) is 3.25. The van der Waals surface area contributed by atoms with Crippen LogP contribution >= 0.6 is 0 Å². The summed E-state index contributed by atoms with van der Waals surface area (Å²) in [6.45, 7) is 5.62. The third-order valence-electron chi connectivity index (χ3n) is 1.91. The van der Waals surface area contributed by atoms with E-state index in [4.69, 9.17) is 0 Å². The highest BCUT2D eigenvalue weighted by Crippen LogP contribution is 2.08. The number of rotatable bonds is 6. The van der Waals surface area contributed by atoms with Crippen molar-refractivity contribution in [1.82, 2.24) is 10.3 Å². The van der Waals surface area contributed by atoms with Crippen molar-refractivity contribution in [3.8, 4) is 0 Å². The van der Waals surface area contributed by atoms with Crippen LogP contribution in [0.15, 0.2) is 18.2 Å². The van der Waals surface area contributed by atoms with Crippen LogP contribution in [-0.2, 0) is 4.79 Å². The molecule has 1 rings (SSSR count). The van der Waals surface area contributed by atoms with Gasteiger partial charge < -0.3 is 16.0 Å². The van der Waals surface area contributed by atoms with E-state index in [0.29, 0.717) is 12.4 Å². The summed E-state index contributed by atoms with van der Waals surface area (Å²) in [7, 11) is 0. The fraction of sp³-hybridized carbons (Fsp3) is 0.455. The van der Waals surface area contributed by atoms with Gasteiger partial charge in [-0.25, -0.2) is 4.98 Å². The van der Waals surface area contributed by atoms with Gasteiger partial charge in [-0.3, -0.25) is 4.79 Å². The Labute approximate surface area is 95.7 Å². The van der Waals surface area contributed by atoms with Gasteiger partial charge in [0.1, 0.15) is 11.6 Å². The summed E-state index contributed by atoms with van der Waals surface area (Å²) in [5, 5.41) is 8.78. The van der Waals surface area contributed by atoms with E-state index in [-0.39, 0.29) is 12.5 Å². The zero-order valence-corrected chi connectivity index (χ0v) is 9.71. The first-order valence-corrected chi connectivity index (χ1v) is 5.47. The second kappa shape index (κ2) is 6.66. The Morgan fingerprint density at radius 2 is 1.88 bits per heavy atom. The molecular formula is C11H18N4O. The molecule has 0 radical (unpaired) electrons. The van der Waals surface area contributed by atoms with Crippen LogP contribution in [-0.4, -0.2) is 30.5 Å². The lowest BCUT2D eigenvalue weighted by molar-refractivity contribution is -0.119. The number of amides is 1. The van der Waals surface area contributed by atoms with Crippen LogP contribution in [0.5, 0.6) is 0 Å². The summed E-state index contributed by atoms with van der Waals surface area (Å²) in [5.41, 5.74) is 0. The average Bonchev–Trinajstić information content (AvgIpc) is 2.28. The summed E-state index contributed by atoms with van der Waals surface area (Å²) >= 11 is 0. The minimum absolute atomic E-state index is 0.0295. The van der Waals surface area contributed by atoms with Crippen molar-refractivity contribution >= 4 is 17.5 Å². The quantitative estimate of drug-likeness (QED) is 0.673. The summed E-state index contributed by atoms with van der Waals surface area (Å²) < 4.78 is 0. The Morgan fingerprint density at radius 1 is 1.19 bits per heavy atom. The molecule has 0 bridgehead atoms. The SMILES string of the molecule is CCNC(=O)CNc1cccc(NCC)n1. The molecule has 0 fully saturated rings. The largest absolute Gasteiger partial charge is 0.370 e. The third-order valence-corrected chi connectivity index (χ3v) is 1.91. The van der Waals surface area contributed by atoms with Crippen molar-refractivity contribution in [2.75, 3.05) is 30.3 Å². The van der Waals surface area contributed by atoms with Crippen molar-refractivity contribution < 1.29 is 4.79 Å². The summed E-state index contributed by atoms with van der Waals surface area (Å²) in [4.78, 5) is 15.5. The minimum Gasteiger partial charge on any atom is -0.370 e. The van der Waals surface area contributed by atoms with E-state index >= 15 is 0 Å². The predicted octanol–water partition coefficient (Wildman–Crippen LogP) is 1.06. The van der Waals surface area contributed by atoms with E-state index in [1.165, 1.54) is 0 Å². The van der Waals surface area contributed by atoms with Crippen molar-refractivity contribution in [3.63, 3.8) is 0 Å². The molecule has 1 heterocycles. The molecule has 88 valence electrons. The molecule has 5 heteroatoms. The van der Waals surface area contributed by atoms with Crippen LogP contribution in [0.4, 0.5) is 11.6 Å². The Morgan fingerprint density at radius 3 is 2.50 bits per heavy atom. The first-order chi connectivity index (χ1) is 7.76. The van der Waals surface area contributed by atoms with E-state index in [0.717, 1.165) is 12.4 Å². The second-order valence-electron chi connectivity index (χ2n) is 3.25. The van der Waals surface area contributed by atoms with E-state index in [1.54, 1.807) is 0 Å². The van der Waals surface area contributed by atoms with Gasteiger partial charge in [-0.15, -0.1) is 0 Å². The molecular weight excluding hydrogens is 204 g/mol. The summed E-state index contributed by atoms with van der Waals surface area (Å²) in [6, 6.07) is 5.62. The molecule has 0 atom stereocenters. The molecule has 0 aliphatic carbocycles. The van der Waals surface area contributed by atoms with Crippen LogP contribution in [0.25, 0.3) is 0 Å². The summed E-state index contributed by atoms with van der Waals surface area (Å²) in [5.74, 6) is 1.48. The molecule has 0 saturated carbocycles. The van der Waals surface area contributed by atoms with Gasteiger partial charge in [-0.05, 0) is 26.0 Å². The van der Waals surface area contributed by atoms with E-state index in [1.807, 2.05) is 32.0 Å². The Bertz CT molecular complexity index is 341. The highest BCUT2D eigenvalue weighted by atomic mass is 16.1. The van der Waals surface area contributed by atoms with Crippen LogP contribution < -0.4 is 16.0 Å². The van der Waals surface area contributed by atoms with Gasteiger partial charge in [0.05, 0.1) is 6.54 Å². The smallest absolute Gasteiger partial charge is 0.239 e. The molecule has 5 nitrogen and oxygen atoms in total. The predicted molar refractivity (Wildman–Crippen MR) is 65.6 cm³/mol. The molecule has 16 heavy (non-hydrogen) atoms. The molecule has 0 aliphatic heterocycles. The Balaban J connectivity index is 2.47. The fourth-order valence-electron chi connectivity index (χ4n) is 1.24. The normalized spacial score (nSPS) is 9.62. The van der Waals surface area contributed by atoms with Crippen LogP contribution in [0.1, 0.15) is 13.8 Å². The molecule has 0 unspecified atom stereocenters. The fourth-order valence-corrected chi connectivity index (χ4v) is 1.24. The molecule has 3 N–H and O–H groups in total. The van der Waals surface area contributed by atoms with Gasteiger partial charge in [0, 0.05) is 13.1 Å². The molecule has 1 aromatic heterocycles. The average molecular weight is 222 g/mol. The number of nitrogens with zero attached hydrogens (tertiary/aromatic N) is 1. The molecule has 0 aliphatic rings. The topological polar surface area (TPSA) is 66.1 Å². The summed E-state index contributed by atoms with van der Waals surface area (Å²) in [6.07, 6.45) is 0. The Kier molecular flexibility index (Phi) is 5.11. The van der Waals surface area contributed by atoms with Gasteiger partial charge in [0.2, 0.25) is 5.91 Å². The zero-order valence-electron chi connectivity index (χ0n) is 9.71. The van der Waals surface area contributed by atoms with Gasteiger partial charge in [0.25, 0.3) is 0 Å². The monoisotopic (exact) mass is 222 g/mol.